The Morgan fingerprint density at radius 2 is 1.88 bits per heavy atom. The number of aliphatic hydroxyl groups is 3. The summed E-state index contributed by atoms with van der Waals surface area (Å²) >= 11 is 1.60. The van der Waals surface area contributed by atoms with E-state index in [4.69, 9.17) is 4.98 Å². The van der Waals surface area contributed by atoms with Gasteiger partial charge >= 0.3 is 0 Å². The van der Waals surface area contributed by atoms with Crippen LogP contribution in [0.2, 0.25) is 0 Å². The lowest BCUT2D eigenvalue weighted by Crippen LogP contribution is -2.40. The average molecular weight is 455 g/mol. The van der Waals surface area contributed by atoms with Crippen molar-refractivity contribution in [1.82, 2.24) is 9.97 Å². The fourth-order valence-electron chi connectivity index (χ4n) is 4.65. The molecule has 2 heterocycles. The fourth-order valence-corrected chi connectivity index (χ4v) is 5.64. The highest BCUT2D eigenvalue weighted by molar-refractivity contribution is 7.21. The fraction of sp³-hybridized carbons (Fsp3) is 0.500. The van der Waals surface area contributed by atoms with Crippen molar-refractivity contribution < 1.29 is 15.3 Å². The molecule has 2 aliphatic rings. The van der Waals surface area contributed by atoms with E-state index in [1.165, 1.54) is 6.42 Å². The van der Waals surface area contributed by atoms with Gasteiger partial charge in [-0.15, -0.1) is 11.3 Å². The van der Waals surface area contributed by atoms with Crippen molar-refractivity contribution in [3.8, 4) is 10.6 Å². The Morgan fingerprint density at radius 3 is 2.53 bits per heavy atom. The van der Waals surface area contributed by atoms with Gasteiger partial charge in [-0.1, -0.05) is 12.1 Å². The maximum atomic E-state index is 10.7. The zero-order valence-corrected chi connectivity index (χ0v) is 19.1. The number of nitrogens with one attached hydrogen (secondary N) is 2. The highest BCUT2D eigenvalue weighted by atomic mass is 32.1. The molecule has 0 unspecified atom stereocenters. The van der Waals surface area contributed by atoms with Gasteiger partial charge in [0, 0.05) is 29.9 Å². The van der Waals surface area contributed by atoms with Crippen molar-refractivity contribution in [3.63, 3.8) is 0 Å². The second kappa shape index (κ2) is 8.26. The van der Waals surface area contributed by atoms with Crippen LogP contribution in [0, 0.1) is 5.92 Å². The first-order valence-electron chi connectivity index (χ1n) is 11.3. The molecule has 5 rings (SSSR count). The van der Waals surface area contributed by atoms with Crippen LogP contribution in [-0.2, 0) is 0 Å². The molecule has 5 N–H and O–H groups in total. The van der Waals surface area contributed by atoms with E-state index in [1.54, 1.807) is 25.2 Å². The average Bonchev–Trinajstić information content (AvgIpc) is 3.27. The van der Waals surface area contributed by atoms with Crippen molar-refractivity contribution in [3.05, 3.63) is 36.5 Å². The van der Waals surface area contributed by atoms with Crippen molar-refractivity contribution in [1.29, 1.82) is 0 Å². The third-order valence-electron chi connectivity index (χ3n) is 6.82. The van der Waals surface area contributed by atoms with E-state index in [2.05, 4.69) is 21.7 Å². The molecule has 32 heavy (non-hydrogen) atoms. The first kappa shape index (κ1) is 21.6. The standard InChI is InChI=1S/C24H30N4O3S/c1-24(2,31)15-10-18(22(30)21(15)29)27-17-11-20(26-13-6-5-7-13)25-12-14(17)23-28-16-8-3-4-9-19(16)32-23/h3-4,8-9,11-13,15,18,21-22,29-31H,5-7,10H2,1-2H3,(H2,25,26,27)/t15-,18+,21+,22-/m0/s1. The Balaban J connectivity index is 1.49. The summed E-state index contributed by atoms with van der Waals surface area (Å²) in [6.45, 7) is 3.35. The predicted molar refractivity (Wildman–Crippen MR) is 128 cm³/mol. The summed E-state index contributed by atoms with van der Waals surface area (Å²) in [4.78, 5) is 9.42. The topological polar surface area (TPSA) is 111 Å². The molecule has 0 aliphatic heterocycles. The molecule has 0 bridgehead atoms. The Morgan fingerprint density at radius 1 is 1.09 bits per heavy atom. The number of fused-ring (bicyclic) bond motifs is 1. The quantitative estimate of drug-likeness (QED) is 0.387. The van der Waals surface area contributed by atoms with Gasteiger partial charge in [0.25, 0.3) is 0 Å². The van der Waals surface area contributed by atoms with Crippen LogP contribution in [0.3, 0.4) is 0 Å². The molecule has 8 heteroatoms. The number of pyridine rings is 1. The van der Waals surface area contributed by atoms with E-state index in [0.717, 1.165) is 45.1 Å². The smallest absolute Gasteiger partial charge is 0.128 e. The van der Waals surface area contributed by atoms with Crippen LogP contribution in [0.4, 0.5) is 11.5 Å². The third-order valence-corrected chi connectivity index (χ3v) is 7.89. The van der Waals surface area contributed by atoms with Gasteiger partial charge < -0.3 is 26.0 Å². The van der Waals surface area contributed by atoms with Crippen LogP contribution in [0.25, 0.3) is 20.8 Å². The molecular weight excluding hydrogens is 424 g/mol. The van der Waals surface area contributed by atoms with Crippen molar-refractivity contribution >= 4 is 33.1 Å². The van der Waals surface area contributed by atoms with Crippen LogP contribution >= 0.6 is 11.3 Å². The lowest BCUT2D eigenvalue weighted by atomic mass is 9.88. The minimum Gasteiger partial charge on any atom is -0.390 e. The van der Waals surface area contributed by atoms with Crippen molar-refractivity contribution in [2.45, 2.75) is 69.4 Å². The Hall–Kier alpha value is -2.26. The molecule has 2 saturated carbocycles. The molecule has 2 aliphatic carbocycles. The highest BCUT2D eigenvalue weighted by Gasteiger charge is 2.47. The van der Waals surface area contributed by atoms with Crippen LogP contribution in [0.5, 0.6) is 0 Å². The van der Waals surface area contributed by atoms with Gasteiger partial charge in [-0.25, -0.2) is 9.97 Å². The van der Waals surface area contributed by atoms with Crippen molar-refractivity contribution in [2.24, 2.45) is 5.92 Å². The van der Waals surface area contributed by atoms with Gasteiger partial charge in [0.2, 0.25) is 0 Å². The SMILES string of the molecule is CC(C)(O)[C@H]1C[C@@H](Nc2cc(NC3CCC3)ncc2-c2nc3ccccc3s2)[C@H](O)[C@@H]1O. The van der Waals surface area contributed by atoms with Crippen LogP contribution < -0.4 is 10.6 Å². The summed E-state index contributed by atoms with van der Waals surface area (Å²) in [5.41, 5.74) is 1.53. The van der Waals surface area contributed by atoms with Crippen molar-refractivity contribution in [2.75, 3.05) is 10.6 Å². The second-order valence-electron chi connectivity index (χ2n) is 9.60. The summed E-state index contributed by atoms with van der Waals surface area (Å²) in [6, 6.07) is 10.0. The number of benzene rings is 1. The number of nitrogens with zero attached hydrogens (tertiary/aromatic N) is 2. The van der Waals surface area contributed by atoms with E-state index < -0.39 is 29.8 Å². The van der Waals surface area contributed by atoms with E-state index in [-0.39, 0.29) is 0 Å². The molecule has 0 saturated heterocycles. The predicted octanol–water partition coefficient (Wildman–Crippen LogP) is 3.62. The molecule has 0 spiro atoms. The second-order valence-corrected chi connectivity index (χ2v) is 10.6. The first-order valence-corrected chi connectivity index (χ1v) is 12.1. The van der Waals surface area contributed by atoms with E-state index in [0.29, 0.717) is 12.5 Å². The summed E-state index contributed by atoms with van der Waals surface area (Å²) in [5, 5.41) is 39.5. The van der Waals surface area contributed by atoms with Crippen LogP contribution in [0.1, 0.15) is 39.5 Å². The Bertz CT molecular complexity index is 1080. The molecule has 2 aromatic heterocycles. The molecule has 7 nitrogen and oxygen atoms in total. The number of rotatable bonds is 6. The number of anilines is 2. The van der Waals surface area contributed by atoms with Gasteiger partial charge in [-0.05, 0) is 51.7 Å². The minimum atomic E-state index is -1.08. The minimum absolute atomic E-state index is 0.395. The Kier molecular flexibility index (Phi) is 5.57. The van der Waals surface area contributed by atoms with Gasteiger partial charge in [0.05, 0.1) is 33.5 Å². The number of aromatic nitrogens is 2. The molecule has 2 fully saturated rings. The number of aliphatic hydroxyl groups excluding tert-OH is 2. The van der Waals surface area contributed by atoms with E-state index in [9.17, 15) is 15.3 Å². The maximum absolute atomic E-state index is 10.7. The lowest BCUT2D eigenvalue weighted by molar-refractivity contribution is -0.0601. The number of thiazole rings is 1. The molecule has 1 aromatic carbocycles. The number of hydrogen-bond acceptors (Lipinski definition) is 8. The largest absolute Gasteiger partial charge is 0.390 e. The van der Waals surface area contributed by atoms with Gasteiger partial charge in [-0.3, -0.25) is 0 Å². The zero-order valence-electron chi connectivity index (χ0n) is 18.3. The van der Waals surface area contributed by atoms with Gasteiger partial charge in [-0.2, -0.15) is 0 Å². The molecule has 4 atom stereocenters. The summed E-state index contributed by atoms with van der Waals surface area (Å²) in [7, 11) is 0. The van der Waals surface area contributed by atoms with Gasteiger partial charge in [0.1, 0.15) is 16.9 Å². The summed E-state index contributed by atoms with van der Waals surface area (Å²) in [6.07, 6.45) is 3.83. The third kappa shape index (κ3) is 4.08. The summed E-state index contributed by atoms with van der Waals surface area (Å²) < 4.78 is 1.10. The van der Waals surface area contributed by atoms with Crippen LogP contribution in [-0.4, -0.2) is 55.2 Å². The maximum Gasteiger partial charge on any atom is 0.128 e. The Labute approximate surface area is 191 Å². The molecule has 0 radical (unpaired) electrons. The van der Waals surface area contributed by atoms with Crippen LogP contribution in [0.15, 0.2) is 36.5 Å². The highest BCUT2D eigenvalue weighted by Crippen LogP contribution is 2.40. The zero-order chi connectivity index (χ0) is 22.5. The normalized spacial score (nSPS) is 26.3. The van der Waals surface area contributed by atoms with E-state index >= 15 is 0 Å². The van der Waals surface area contributed by atoms with E-state index in [1.807, 2.05) is 30.5 Å². The number of hydrogen-bond donors (Lipinski definition) is 5. The molecule has 170 valence electrons. The number of para-hydroxylation sites is 1. The first-order chi connectivity index (χ1) is 15.3. The molecule has 0 amide bonds. The monoisotopic (exact) mass is 454 g/mol. The lowest BCUT2D eigenvalue weighted by Gasteiger charge is -2.28. The molecular formula is C24H30N4O3S. The summed E-state index contributed by atoms with van der Waals surface area (Å²) in [5.74, 6) is 0.365. The van der Waals surface area contributed by atoms with Gasteiger partial charge in [0.15, 0.2) is 0 Å². The molecule has 3 aromatic rings.